The Morgan fingerprint density at radius 2 is 2.00 bits per heavy atom. The largest absolute Gasteiger partial charge is 0.282 e. The fraction of sp³-hybridized carbons (Fsp3) is 0.538. The fourth-order valence-electron chi connectivity index (χ4n) is 2.18. The van der Waals surface area contributed by atoms with Crippen molar-refractivity contribution < 1.29 is 0 Å². The summed E-state index contributed by atoms with van der Waals surface area (Å²) in [5.41, 5.74) is 3.52. The van der Waals surface area contributed by atoms with E-state index in [-0.39, 0.29) is 0 Å². The van der Waals surface area contributed by atoms with Gasteiger partial charge in [0.2, 0.25) is 4.96 Å². The van der Waals surface area contributed by atoms with Gasteiger partial charge in [-0.15, -0.1) is 10.2 Å². The molecular weight excluding hydrogens is 272 g/mol. The van der Waals surface area contributed by atoms with Crippen molar-refractivity contribution in [1.82, 2.24) is 30.0 Å². The van der Waals surface area contributed by atoms with E-state index in [0.717, 1.165) is 52.9 Å². The Morgan fingerprint density at radius 3 is 2.70 bits per heavy atom. The van der Waals surface area contributed by atoms with Gasteiger partial charge in [-0.1, -0.05) is 18.3 Å². The van der Waals surface area contributed by atoms with Gasteiger partial charge >= 0.3 is 0 Å². The maximum Gasteiger partial charge on any atom is 0.234 e. The summed E-state index contributed by atoms with van der Waals surface area (Å²) < 4.78 is 1.88. The summed E-state index contributed by atoms with van der Waals surface area (Å²) in [6.07, 6.45) is 3.77. The molecule has 0 saturated heterocycles. The highest BCUT2D eigenvalue weighted by Gasteiger charge is 2.12. The lowest BCUT2D eigenvalue weighted by atomic mass is 10.1. The lowest BCUT2D eigenvalue weighted by Gasteiger charge is -1.96. The Balaban J connectivity index is 1.76. The van der Waals surface area contributed by atoms with E-state index >= 15 is 0 Å². The highest BCUT2D eigenvalue weighted by atomic mass is 32.1. The molecule has 0 spiro atoms. The number of rotatable bonds is 5. The molecule has 0 bridgehead atoms. The van der Waals surface area contributed by atoms with Crippen molar-refractivity contribution in [2.75, 3.05) is 0 Å². The molecule has 3 rings (SSSR count). The molecule has 3 aromatic heterocycles. The lowest BCUT2D eigenvalue weighted by molar-refractivity contribution is 0.757. The topological polar surface area (TPSA) is 71.8 Å². The van der Waals surface area contributed by atoms with Gasteiger partial charge in [0, 0.05) is 18.5 Å². The third kappa shape index (κ3) is 2.33. The van der Waals surface area contributed by atoms with Crippen LogP contribution in [-0.4, -0.2) is 30.0 Å². The Hall–Kier alpha value is -1.76. The normalized spacial score (nSPS) is 11.6. The molecule has 0 aliphatic heterocycles. The second-order valence-corrected chi connectivity index (χ2v) is 6.02. The van der Waals surface area contributed by atoms with Crippen LogP contribution in [0.5, 0.6) is 0 Å². The molecule has 0 aromatic carbocycles. The van der Waals surface area contributed by atoms with E-state index in [2.05, 4.69) is 39.3 Å². The number of hydrogen-bond donors (Lipinski definition) is 1. The van der Waals surface area contributed by atoms with E-state index in [4.69, 9.17) is 0 Å². The molecule has 0 radical (unpaired) electrons. The van der Waals surface area contributed by atoms with Crippen molar-refractivity contribution in [1.29, 1.82) is 0 Å². The zero-order chi connectivity index (χ0) is 14.1. The van der Waals surface area contributed by atoms with Crippen molar-refractivity contribution in [3.63, 3.8) is 0 Å². The molecule has 0 amide bonds. The highest BCUT2D eigenvalue weighted by molar-refractivity contribution is 7.16. The second kappa shape index (κ2) is 5.32. The first-order valence-corrected chi connectivity index (χ1v) is 7.71. The number of fused-ring (bicyclic) bond motifs is 1. The first-order valence-electron chi connectivity index (χ1n) is 6.89. The number of aromatic amines is 1. The molecule has 0 unspecified atom stereocenters. The van der Waals surface area contributed by atoms with E-state index in [1.807, 2.05) is 11.4 Å². The Morgan fingerprint density at radius 1 is 1.15 bits per heavy atom. The molecular formula is C13H18N6S. The van der Waals surface area contributed by atoms with Gasteiger partial charge in [-0.25, -0.2) is 0 Å². The number of aryl methyl sites for hydroxylation is 4. The van der Waals surface area contributed by atoms with Gasteiger partial charge in [-0.3, -0.25) is 5.10 Å². The van der Waals surface area contributed by atoms with Crippen LogP contribution in [0.2, 0.25) is 0 Å². The number of nitrogens with zero attached hydrogens (tertiary/aromatic N) is 5. The first kappa shape index (κ1) is 13.2. The molecule has 7 heteroatoms. The van der Waals surface area contributed by atoms with Crippen LogP contribution in [0.15, 0.2) is 0 Å². The maximum absolute atomic E-state index is 4.62. The maximum atomic E-state index is 4.62. The molecule has 0 aliphatic carbocycles. The van der Waals surface area contributed by atoms with E-state index in [0.29, 0.717) is 0 Å². The van der Waals surface area contributed by atoms with Gasteiger partial charge in [-0.05, 0) is 32.3 Å². The van der Waals surface area contributed by atoms with Crippen molar-refractivity contribution in [3.8, 4) is 0 Å². The quantitative estimate of drug-likeness (QED) is 0.782. The number of nitrogens with one attached hydrogen (secondary N) is 1. The summed E-state index contributed by atoms with van der Waals surface area (Å²) in [7, 11) is 0. The van der Waals surface area contributed by atoms with Crippen LogP contribution in [0.4, 0.5) is 0 Å². The minimum absolute atomic E-state index is 0.887. The SMILES string of the molecule is CCCc1nnc2sc(CCc3n[nH]c(C)c3C)nn12. The third-order valence-electron chi connectivity index (χ3n) is 3.50. The predicted octanol–water partition coefficient (Wildman–Crippen LogP) is 2.26. The average molecular weight is 290 g/mol. The van der Waals surface area contributed by atoms with E-state index in [9.17, 15) is 0 Å². The lowest BCUT2D eigenvalue weighted by Crippen LogP contribution is -1.98. The first-order chi connectivity index (χ1) is 9.69. The smallest absolute Gasteiger partial charge is 0.234 e. The van der Waals surface area contributed by atoms with Crippen molar-refractivity contribution in [3.05, 3.63) is 27.8 Å². The van der Waals surface area contributed by atoms with Crippen LogP contribution in [0.3, 0.4) is 0 Å². The Kier molecular flexibility index (Phi) is 3.52. The summed E-state index contributed by atoms with van der Waals surface area (Å²) in [6, 6.07) is 0. The molecule has 20 heavy (non-hydrogen) atoms. The van der Waals surface area contributed by atoms with Crippen LogP contribution in [-0.2, 0) is 19.3 Å². The highest BCUT2D eigenvalue weighted by Crippen LogP contribution is 2.17. The van der Waals surface area contributed by atoms with Crippen LogP contribution in [0, 0.1) is 13.8 Å². The van der Waals surface area contributed by atoms with Crippen LogP contribution in [0.25, 0.3) is 4.96 Å². The number of H-pyrrole nitrogens is 1. The average Bonchev–Trinajstić information content (AvgIpc) is 3.07. The van der Waals surface area contributed by atoms with Gasteiger partial charge in [-0.2, -0.15) is 14.7 Å². The molecule has 106 valence electrons. The monoisotopic (exact) mass is 290 g/mol. The molecule has 3 heterocycles. The van der Waals surface area contributed by atoms with E-state index in [1.165, 1.54) is 5.56 Å². The molecule has 0 atom stereocenters. The third-order valence-corrected chi connectivity index (χ3v) is 4.46. The van der Waals surface area contributed by atoms with Crippen molar-refractivity contribution in [2.45, 2.75) is 46.5 Å². The molecule has 0 aliphatic rings. The molecule has 0 saturated carbocycles. The summed E-state index contributed by atoms with van der Waals surface area (Å²) in [5.74, 6) is 0.955. The Bertz CT molecular complexity index is 722. The minimum Gasteiger partial charge on any atom is -0.282 e. The van der Waals surface area contributed by atoms with Crippen LogP contribution >= 0.6 is 11.3 Å². The predicted molar refractivity (Wildman–Crippen MR) is 78.1 cm³/mol. The Labute approximate surface area is 121 Å². The van der Waals surface area contributed by atoms with E-state index in [1.54, 1.807) is 11.3 Å². The van der Waals surface area contributed by atoms with Gasteiger partial charge in [0.1, 0.15) is 5.01 Å². The zero-order valence-electron chi connectivity index (χ0n) is 12.0. The van der Waals surface area contributed by atoms with Crippen LogP contribution in [0.1, 0.15) is 41.1 Å². The summed E-state index contributed by atoms with van der Waals surface area (Å²) in [6.45, 7) is 6.29. The standard InChI is InChI=1S/C13H18N6S/c1-4-5-11-16-17-13-19(11)18-12(20-13)7-6-10-8(2)9(3)14-15-10/h4-7H2,1-3H3,(H,14,15). The van der Waals surface area contributed by atoms with E-state index < -0.39 is 0 Å². The zero-order valence-corrected chi connectivity index (χ0v) is 12.8. The van der Waals surface area contributed by atoms with Crippen molar-refractivity contribution >= 4 is 16.3 Å². The number of aromatic nitrogens is 6. The molecule has 0 fully saturated rings. The molecule has 3 aromatic rings. The van der Waals surface area contributed by atoms with Gasteiger partial charge in [0.05, 0.1) is 5.69 Å². The molecule has 6 nitrogen and oxygen atoms in total. The van der Waals surface area contributed by atoms with Crippen molar-refractivity contribution in [2.24, 2.45) is 0 Å². The van der Waals surface area contributed by atoms with Gasteiger partial charge in [0.25, 0.3) is 0 Å². The molecule has 1 N–H and O–H groups in total. The van der Waals surface area contributed by atoms with Gasteiger partial charge in [0.15, 0.2) is 5.82 Å². The summed E-state index contributed by atoms with van der Waals surface area (Å²) >= 11 is 1.62. The van der Waals surface area contributed by atoms with Crippen LogP contribution < -0.4 is 0 Å². The summed E-state index contributed by atoms with van der Waals surface area (Å²) in [5, 5.41) is 21.4. The summed E-state index contributed by atoms with van der Waals surface area (Å²) in [4.78, 5) is 0.887. The number of hydrogen-bond acceptors (Lipinski definition) is 5. The van der Waals surface area contributed by atoms with Gasteiger partial charge < -0.3 is 0 Å². The minimum atomic E-state index is 0.887. The fourth-order valence-corrected chi connectivity index (χ4v) is 3.03. The second-order valence-electron chi connectivity index (χ2n) is 4.98.